The largest absolute Gasteiger partial charge is 0.340 e. The number of anilines is 1. The Morgan fingerprint density at radius 3 is 2.84 bits per heavy atom. The summed E-state index contributed by atoms with van der Waals surface area (Å²) in [4.78, 5) is 11.0. The summed E-state index contributed by atoms with van der Waals surface area (Å²) in [6, 6.07) is 2.13. The summed E-state index contributed by atoms with van der Waals surface area (Å²) in [6.45, 7) is 3.63. The molecule has 0 bridgehead atoms. The number of nitrogens with one attached hydrogen (secondary N) is 1. The molecule has 0 radical (unpaired) electrons. The quantitative estimate of drug-likeness (QED) is 0.908. The first kappa shape index (κ1) is 14.4. The highest BCUT2D eigenvalue weighted by Gasteiger charge is 2.08. The van der Waals surface area contributed by atoms with Gasteiger partial charge in [0.05, 0.1) is 3.79 Å². The van der Waals surface area contributed by atoms with Gasteiger partial charge in [-0.15, -0.1) is 11.3 Å². The Hall–Kier alpha value is -0.980. The van der Waals surface area contributed by atoms with Gasteiger partial charge in [0.1, 0.15) is 0 Å². The van der Waals surface area contributed by atoms with Crippen molar-refractivity contribution in [1.29, 1.82) is 0 Å². The van der Waals surface area contributed by atoms with E-state index in [2.05, 4.69) is 47.6 Å². The molecule has 1 N–H and O–H groups in total. The van der Waals surface area contributed by atoms with Crippen molar-refractivity contribution < 1.29 is 0 Å². The van der Waals surface area contributed by atoms with E-state index in [0.717, 1.165) is 34.1 Å². The fourth-order valence-corrected chi connectivity index (χ4v) is 3.00. The van der Waals surface area contributed by atoms with Gasteiger partial charge in [-0.05, 0) is 46.9 Å². The minimum absolute atomic E-state index is 0.764. The van der Waals surface area contributed by atoms with E-state index >= 15 is 0 Å². The van der Waals surface area contributed by atoms with Crippen molar-refractivity contribution in [3.63, 3.8) is 0 Å². The van der Waals surface area contributed by atoms with Gasteiger partial charge in [-0.25, -0.2) is 9.97 Å². The SMILES string of the molecule is CNCc1cnc(N(C)Cc2csc(Br)c2)nc1C. The zero-order valence-electron chi connectivity index (χ0n) is 11.3. The second-order valence-corrected chi connectivity index (χ2v) is 6.72. The minimum Gasteiger partial charge on any atom is -0.340 e. The molecule has 2 aromatic heterocycles. The van der Waals surface area contributed by atoms with Crippen molar-refractivity contribution in [3.8, 4) is 0 Å². The average Bonchev–Trinajstić information content (AvgIpc) is 2.77. The first-order chi connectivity index (χ1) is 9.10. The molecule has 0 unspecified atom stereocenters. The fourth-order valence-electron chi connectivity index (χ4n) is 1.80. The van der Waals surface area contributed by atoms with E-state index in [4.69, 9.17) is 0 Å². The minimum atomic E-state index is 0.764. The van der Waals surface area contributed by atoms with Gasteiger partial charge < -0.3 is 10.2 Å². The van der Waals surface area contributed by atoms with Gasteiger partial charge in [-0.3, -0.25) is 0 Å². The molecule has 0 spiro atoms. The van der Waals surface area contributed by atoms with Gasteiger partial charge in [0.15, 0.2) is 0 Å². The lowest BCUT2D eigenvalue weighted by atomic mass is 10.2. The summed E-state index contributed by atoms with van der Waals surface area (Å²) in [5, 5.41) is 5.26. The van der Waals surface area contributed by atoms with Crippen LogP contribution in [0.5, 0.6) is 0 Å². The number of nitrogens with zero attached hydrogens (tertiary/aromatic N) is 3. The number of rotatable bonds is 5. The summed E-state index contributed by atoms with van der Waals surface area (Å²) >= 11 is 5.17. The van der Waals surface area contributed by atoms with Crippen LogP contribution >= 0.6 is 27.3 Å². The Kier molecular flexibility index (Phi) is 4.90. The maximum absolute atomic E-state index is 4.56. The molecule has 2 rings (SSSR count). The summed E-state index contributed by atoms with van der Waals surface area (Å²) in [5.74, 6) is 0.764. The van der Waals surface area contributed by atoms with Crippen LogP contribution in [0.3, 0.4) is 0 Å². The first-order valence-electron chi connectivity index (χ1n) is 6.01. The molecular weight excluding hydrogens is 324 g/mol. The van der Waals surface area contributed by atoms with Crippen molar-refractivity contribution in [2.24, 2.45) is 0 Å². The predicted octanol–water partition coefficient (Wildman–Crippen LogP) is 2.96. The van der Waals surface area contributed by atoms with E-state index in [1.54, 1.807) is 11.3 Å². The molecule has 0 aliphatic heterocycles. The maximum atomic E-state index is 4.56. The summed E-state index contributed by atoms with van der Waals surface area (Å²) in [6.07, 6.45) is 1.90. The van der Waals surface area contributed by atoms with Crippen LogP contribution in [-0.4, -0.2) is 24.1 Å². The van der Waals surface area contributed by atoms with Crippen molar-refractivity contribution in [3.05, 3.63) is 38.3 Å². The number of hydrogen-bond acceptors (Lipinski definition) is 5. The standard InChI is InChI=1S/C13H17BrN4S/c1-9-11(5-15-2)6-16-13(17-9)18(3)7-10-4-12(14)19-8-10/h4,6,8,15H,5,7H2,1-3H3. The highest BCUT2D eigenvalue weighted by atomic mass is 79.9. The van der Waals surface area contributed by atoms with E-state index in [1.807, 2.05) is 27.2 Å². The van der Waals surface area contributed by atoms with Gasteiger partial charge in [-0.1, -0.05) is 0 Å². The third-order valence-corrected chi connectivity index (χ3v) is 4.37. The lowest BCUT2D eigenvalue weighted by molar-refractivity contribution is 0.786. The Morgan fingerprint density at radius 2 is 2.26 bits per heavy atom. The van der Waals surface area contributed by atoms with Crippen LogP contribution in [0.4, 0.5) is 5.95 Å². The van der Waals surface area contributed by atoms with Crippen LogP contribution < -0.4 is 10.2 Å². The Labute approximate surface area is 126 Å². The van der Waals surface area contributed by atoms with Crippen LogP contribution in [0.25, 0.3) is 0 Å². The molecule has 0 fully saturated rings. The molecule has 0 saturated carbocycles. The van der Waals surface area contributed by atoms with Gasteiger partial charge >= 0.3 is 0 Å². The second kappa shape index (κ2) is 6.45. The zero-order chi connectivity index (χ0) is 13.8. The van der Waals surface area contributed by atoms with Gasteiger partial charge in [0.25, 0.3) is 0 Å². The molecule has 102 valence electrons. The number of aromatic nitrogens is 2. The molecule has 0 aliphatic carbocycles. The summed E-state index contributed by atoms with van der Waals surface area (Å²) in [5.41, 5.74) is 3.43. The van der Waals surface area contributed by atoms with Crippen LogP contribution in [0.15, 0.2) is 21.4 Å². The number of thiophene rings is 1. The summed E-state index contributed by atoms with van der Waals surface area (Å²) in [7, 11) is 3.94. The lowest BCUT2D eigenvalue weighted by Gasteiger charge is -2.17. The molecule has 19 heavy (non-hydrogen) atoms. The smallest absolute Gasteiger partial charge is 0.225 e. The molecular formula is C13H17BrN4S. The van der Waals surface area contributed by atoms with E-state index in [-0.39, 0.29) is 0 Å². The van der Waals surface area contributed by atoms with Crippen molar-refractivity contribution in [2.45, 2.75) is 20.0 Å². The lowest BCUT2D eigenvalue weighted by Crippen LogP contribution is -2.20. The highest BCUT2D eigenvalue weighted by molar-refractivity contribution is 9.11. The van der Waals surface area contributed by atoms with E-state index in [9.17, 15) is 0 Å². The normalized spacial score (nSPS) is 10.7. The molecule has 2 aromatic rings. The number of hydrogen-bond donors (Lipinski definition) is 1. The van der Waals surface area contributed by atoms with Crippen molar-refractivity contribution in [2.75, 3.05) is 19.0 Å². The highest BCUT2D eigenvalue weighted by Crippen LogP contribution is 2.22. The molecule has 4 nitrogen and oxygen atoms in total. The van der Waals surface area contributed by atoms with Crippen molar-refractivity contribution >= 4 is 33.2 Å². The number of aryl methyl sites for hydroxylation is 1. The molecule has 0 aliphatic rings. The van der Waals surface area contributed by atoms with Gasteiger partial charge in [-0.2, -0.15) is 0 Å². The van der Waals surface area contributed by atoms with Crippen LogP contribution in [0.2, 0.25) is 0 Å². The molecule has 2 heterocycles. The second-order valence-electron chi connectivity index (χ2n) is 4.43. The van der Waals surface area contributed by atoms with E-state index < -0.39 is 0 Å². The molecule has 0 aromatic carbocycles. The Morgan fingerprint density at radius 1 is 1.47 bits per heavy atom. The summed E-state index contributed by atoms with van der Waals surface area (Å²) < 4.78 is 1.15. The third-order valence-electron chi connectivity index (χ3n) is 2.82. The Bertz CT molecular complexity index is 555. The average molecular weight is 341 g/mol. The van der Waals surface area contributed by atoms with E-state index in [1.165, 1.54) is 5.56 Å². The first-order valence-corrected chi connectivity index (χ1v) is 7.68. The van der Waals surface area contributed by atoms with Gasteiger partial charge in [0.2, 0.25) is 5.95 Å². The number of halogens is 1. The van der Waals surface area contributed by atoms with Gasteiger partial charge in [0, 0.05) is 37.6 Å². The molecule has 6 heteroatoms. The van der Waals surface area contributed by atoms with Crippen LogP contribution in [0.1, 0.15) is 16.8 Å². The van der Waals surface area contributed by atoms with Crippen LogP contribution in [-0.2, 0) is 13.1 Å². The maximum Gasteiger partial charge on any atom is 0.225 e. The predicted molar refractivity (Wildman–Crippen MR) is 83.7 cm³/mol. The third kappa shape index (κ3) is 3.75. The topological polar surface area (TPSA) is 41.1 Å². The molecule has 0 amide bonds. The molecule has 0 saturated heterocycles. The zero-order valence-corrected chi connectivity index (χ0v) is 13.7. The Balaban J connectivity index is 2.10. The monoisotopic (exact) mass is 340 g/mol. The van der Waals surface area contributed by atoms with E-state index in [0.29, 0.717) is 0 Å². The van der Waals surface area contributed by atoms with Crippen molar-refractivity contribution in [1.82, 2.24) is 15.3 Å². The molecule has 0 atom stereocenters. The van der Waals surface area contributed by atoms with Crippen LogP contribution in [0, 0.1) is 6.92 Å². The fraction of sp³-hybridized carbons (Fsp3) is 0.385.